The summed E-state index contributed by atoms with van der Waals surface area (Å²) >= 11 is 2.00. The highest BCUT2D eigenvalue weighted by molar-refractivity contribution is 14.1. The highest BCUT2D eigenvalue weighted by Crippen LogP contribution is 2.24. The second-order valence-corrected chi connectivity index (χ2v) is 5.06. The predicted octanol–water partition coefficient (Wildman–Crippen LogP) is 2.94. The largest absolute Gasteiger partial charge is 0.465 e. The summed E-state index contributed by atoms with van der Waals surface area (Å²) in [4.78, 5) is 15.6. The molecule has 0 spiro atoms. The molecular weight excluding hydrogens is 376 g/mol. The standard InChI is InChI=1S/C13H11FIN3O2/c1-20-13(19)8-5-12(17-6-10(8)16)18-11-3-2-7(14)4-9(11)15/h2-6H,16H2,1H3,(H,17,18). The molecule has 0 aliphatic carbocycles. The summed E-state index contributed by atoms with van der Waals surface area (Å²) in [6.45, 7) is 0. The minimum Gasteiger partial charge on any atom is -0.465 e. The maximum atomic E-state index is 13.0. The number of methoxy groups -OCH3 is 1. The SMILES string of the molecule is COC(=O)c1cc(Nc2ccc(F)cc2I)ncc1N. The number of carbonyl (C=O) groups excluding carboxylic acids is 1. The molecule has 0 fully saturated rings. The fourth-order valence-corrected chi connectivity index (χ4v) is 2.16. The number of hydrogen-bond donors (Lipinski definition) is 2. The van der Waals surface area contributed by atoms with Crippen molar-refractivity contribution in [1.29, 1.82) is 0 Å². The third-order valence-corrected chi connectivity index (χ3v) is 3.43. The van der Waals surface area contributed by atoms with E-state index in [9.17, 15) is 9.18 Å². The van der Waals surface area contributed by atoms with E-state index < -0.39 is 5.97 Å². The molecule has 3 N–H and O–H groups in total. The van der Waals surface area contributed by atoms with E-state index in [0.717, 1.165) is 0 Å². The average Bonchev–Trinajstić information content (AvgIpc) is 2.43. The Hall–Kier alpha value is -1.90. The molecule has 0 amide bonds. The molecule has 7 heteroatoms. The van der Waals surface area contributed by atoms with Crippen LogP contribution in [-0.4, -0.2) is 18.1 Å². The Kier molecular flexibility index (Phi) is 4.38. The number of hydrogen-bond acceptors (Lipinski definition) is 5. The Bertz CT molecular complexity index is 664. The third-order valence-electron chi connectivity index (χ3n) is 2.53. The first kappa shape index (κ1) is 14.5. The summed E-state index contributed by atoms with van der Waals surface area (Å²) in [7, 11) is 1.28. The highest BCUT2D eigenvalue weighted by atomic mass is 127. The van der Waals surface area contributed by atoms with E-state index in [1.807, 2.05) is 22.6 Å². The van der Waals surface area contributed by atoms with Gasteiger partial charge in [-0.3, -0.25) is 0 Å². The number of aromatic nitrogens is 1. The van der Waals surface area contributed by atoms with E-state index in [0.29, 0.717) is 15.1 Å². The van der Waals surface area contributed by atoms with Gasteiger partial charge in [-0.1, -0.05) is 0 Å². The van der Waals surface area contributed by atoms with Gasteiger partial charge in [0.25, 0.3) is 0 Å². The fraction of sp³-hybridized carbons (Fsp3) is 0.0769. The number of nitrogen functional groups attached to an aromatic ring is 1. The number of ether oxygens (including phenoxy) is 1. The Morgan fingerprint density at radius 1 is 1.45 bits per heavy atom. The van der Waals surface area contributed by atoms with Crippen molar-refractivity contribution < 1.29 is 13.9 Å². The van der Waals surface area contributed by atoms with E-state index >= 15 is 0 Å². The quantitative estimate of drug-likeness (QED) is 0.626. The summed E-state index contributed by atoms with van der Waals surface area (Å²) in [5, 5.41) is 3.00. The van der Waals surface area contributed by atoms with Crippen LogP contribution in [0.4, 0.5) is 21.6 Å². The van der Waals surface area contributed by atoms with Gasteiger partial charge in [0, 0.05) is 3.57 Å². The lowest BCUT2D eigenvalue weighted by atomic mass is 10.2. The van der Waals surface area contributed by atoms with Gasteiger partial charge in [0.2, 0.25) is 0 Å². The van der Waals surface area contributed by atoms with E-state index in [1.54, 1.807) is 6.07 Å². The van der Waals surface area contributed by atoms with Gasteiger partial charge in [-0.2, -0.15) is 0 Å². The molecule has 0 saturated heterocycles. The monoisotopic (exact) mass is 387 g/mol. The molecule has 2 rings (SSSR count). The first-order valence-electron chi connectivity index (χ1n) is 5.57. The van der Waals surface area contributed by atoms with Crippen LogP contribution in [0.5, 0.6) is 0 Å². The van der Waals surface area contributed by atoms with Crippen molar-refractivity contribution in [1.82, 2.24) is 4.98 Å². The van der Waals surface area contributed by atoms with Crippen molar-refractivity contribution in [3.05, 3.63) is 45.4 Å². The molecule has 20 heavy (non-hydrogen) atoms. The molecule has 2 aromatic rings. The number of rotatable bonds is 3. The Labute approximate surface area is 128 Å². The summed E-state index contributed by atoms with van der Waals surface area (Å²) in [6.07, 6.45) is 1.37. The maximum absolute atomic E-state index is 13.0. The zero-order valence-corrected chi connectivity index (χ0v) is 12.6. The van der Waals surface area contributed by atoms with Gasteiger partial charge < -0.3 is 15.8 Å². The van der Waals surface area contributed by atoms with E-state index in [-0.39, 0.29) is 17.1 Å². The van der Waals surface area contributed by atoms with Crippen molar-refractivity contribution in [3.63, 3.8) is 0 Å². The zero-order chi connectivity index (χ0) is 14.7. The van der Waals surface area contributed by atoms with Crippen molar-refractivity contribution in [2.75, 3.05) is 18.2 Å². The minimum atomic E-state index is -0.540. The van der Waals surface area contributed by atoms with E-state index in [2.05, 4.69) is 15.0 Å². The molecular formula is C13H11FIN3O2. The number of anilines is 3. The van der Waals surface area contributed by atoms with Gasteiger partial charge in [-0.25, -0.2) is 14.2 Å². The van der Waals surface area contributed by atoms with Gasteiger partial charge in [-0.05, 0) is 46.9 Å². The number of esters is 1. The van der Waals surface area contributed by atoms with Crippen molar-refractivity contribution in [2.24, 2.45) is 0 Å². The number of halogens is 2. The van der Waals surface area contributed by atoms with Gasteiger partial charge in [0.05, 0.1) is 30.2 Å². The van der Waals surface area contributed by atoms with Crippen molar-refractivity contribution in [3.8, 4) is 0 Å². The molecule has 0 aliphatic rings. The summed E-state index contributed by atoms with van der Waals surface area (Å²) in [5.41, 5.74) is 6.80. The maximum Gasteiger partial charge on any atom is 0.340 e. The predicted molar refractivity (Wildman–Crippen MR) is 82.4 cm³/mol. The van der Waals surface area contributed by atoms with Crippen LogP contribution in [0.15, 0.2) is 30.5 Å². The number of benzene rings is 1. The zero-order valence-electron chi connectivity index (χ0n) is 10.5. The van der Waals surface area contributed by atoms with Crippen molar-refractivity contribution in [2.45, 2.75) is 0 Å². The summed E-state index contributed by atoms with van der Waals surface area (Å²) in [6, 6.07) is 5.80. The minimum absolute atomic E-state index is 0.224. The van der Waals surface area contributed by atoms with Gasteiger partial charge >= 0.3 is 5.97 Å². The Balaban J connectivity index is 2.32. The van der Waals surface area contributed by atoms with Crippen LogP contribution in [0.2, 0.25) is 0 Å². The second-order valence-electron chi connectivity index (χ2n) is 3.90. The van der Waals surface area contributed by atoms with Crippen LogP contribution in [0.1, 0.15) is 10.4 Å². The van der Waals surface area contributed by atoms with Crippen LogP contribution >= 0.6 is 22.6 Å². The molecule has 1 aromatic carbocycles. The molecule has 0 saturated carbocycles. The van der Waals surface area contributed by atoms with E-state index in [4.69, 9.17) is 5.73 Å². The smallest absolute Gasteiger partial charge is 0.340 e. The molecule has 1 heterocycles. The fourth-order valence-electron chi connectivity index (χ4n) is 1.55. The second kappa shape index (κ2) is 6.04. The van der Waals surface area contributed by atoms with Gasteiger partial charge in [-0.15, -0.1) is 0 Å². The number of nitrogens with two attached hydrogens (primary N) is 1. The average molecular weight is 387 g/mol. The molecule has 0 atom stereocenters. The lowest BCUT2D eigenvalue weighted by Crippen LogP contribution is -2.07. The van der Waals surface area contributed by atoms with Crippen LogP contribution in [0.3, 0.4) is 0 Å². The first-order valence-corrected chi connectivity index (χ1v) is 6.65. The molecule has 0 unspecified atom stereocenters. The van der Waals surface area contributed by atoms with Gasteiger partial charge in [0.1, 0.15) is 11.6 Å². The molecule has 0 bridgehead atoms. The molecule has 5 nitrogen and oxygen atoms in total. The molecule has 104 valence electrons. The third kappa shape index (κ3) is 3.16. The van der Waals surface area contributed by atoms with Crippen LogP contribution in [0.25, 0.3) is 0 Å². The Morgan fingerprint density at radius 3 is 2.85 bits per heavy atom. The van der Waals surface area contributed by atoms with E-state index in [1.165, 1.54) is 31.5 Å². The number of nitrogens with zero attached hydrogens (tertiary/aromatic N) is 1. The lowest BCUT2D eigenvalue weighted by Gasteiger charge is -2.10. The summed E-state index contributed by atoms with van der Waals surface area (Å²) in [5.74, 6) is -0.439. The highest BCUT2D eigenvalue weighted by Gasteiger charge is 2.12. The first-order chi connectivity index (χ1) is 9.51. The Morgan fingerprint density at radius 2 is 2.20 bits per heavy atom. The summed E-state index contributed by atoms with van der Waals surface area (Å²) < 4.78 is 18.4. The number of pyridine rings is 1. The number of carbonyl (C=O) groups is 1. The van der Waals surface area contributed by atoms with Crippen LogP contribution in [-0.2, 0) is 4.74 Å². The molecule has 1 aromatic heterocycles. The molecule has 0 aliphatic heterocycles. The van der Waals surface area contributed by atoms with Crippen LogP contribution < -0.4 is 11.1 Å². The topological polar surface area (TPSA) is 77.2 Å². The number of nitrogens with one attached hydrogen (secondary N) is 1. The normalized spacial score (nSPS) is 10.2. The van der Waals surface area contributed by atoms with Gasteiger partial charge in [0.15, 0.2) is 0 Å². The lowest BCUT2D eigenvalue weighted by molar-refractivity contribution is 0.0602. The van der Waals surface area contributed by atoms with Crippen LogP contribution in [0, 0.1) is 9.39 Å². The molecule has 0 radical (unpaired) electrons. The van der Waals surface area contributed by atoms with Crippen molar-refractivity contribution >= 4 is 45.8 Å².